The molecule has 1 heterocycles. The van der Waals surface area contributed by atoms with E-state index in [0.717, 1.165) is 4.90 Å². The van der Waals surface area contributed by atoms with Crippen molar-refractivity contribution >= 4 is 23.6 Å². The zero-order chi connectivity index (χ0) is 20.8. The van der Waals surface area contributed by atoms with Crippen molar-refractivity contribution < 1.29 is 14.3 Å². The van der Waals surface area contributed by atoms with Crippen molar-refractivity contribution in [2.45, 2.75) is 24.0 Å². The number of methoxy groups -OCH3 is 1. The molecule has 1 saturated heterocycles. The fourth-order valence-electron chi connectivity index (χ4n) is 3.37. The van der Waals surface area contributed by atoms with E-state index in [-0.39, 0.29) is 23.0 Å². The zero-order valence-electron chi connectivity index (χ0n) is 17.2. The van der Waals surface area contributed by atoms with E-state index in [9.17, 15) is 9.59 Å². The van der Waals surface area contributed by atoms with Gasteiger partial charge in [-0.2, -0.15) is 0 Å². The van der Waals surface area contributed by atoms with Crippen LogP contribution in [-0.4, -0.2) is 60.2 Å². The Morgan fingerprint density at radius 2 is 1.59 bits per heavy atom. The maximum atomic E-state index is 13.2. The molecular weight excluding hydrogens is 384 g/mol. The highest BCUT2D eigenvalue weighted by molar-refractivity contribution is 8.00. The average Bonchev–Trinajstić information content (AvgIpc) is 2.77. The van der Waals surface area contributed by atoms with Crippen LogP contribution in [0.5, 0.6) is 5.75 Å². The van der Waals surface area contributed by atoms with Crippen molar-refractivity contribution in [1.29, 1.82) is 0 Å². The largest absolute Gasteiger partial charge is 0.497 e. The van der Waals surface area contributed by atoms with E-state index in [2.05, 4.69) is 13.8 Å². The van der Waals surface area contributed by atoms with E-state index in [1.54, 1.807) is 31.0 Å². The van der Waals surface area contributed by atoms with Crippen LogP contribution in [0, 0.1) is 5.92 Å². The van der Waals surface area contributed by atoms with Gasteiger partial charge in [0.05, 0.1) is 12.4 Å². The molecule has 2 aromatic rings. The van der Waals surface area contributed by atoms with Crippen LogP contribution in [0.1, 0.15) is 24.2 Å². The molecule has 1 fully saturated rings. The van der Waals surface area contributed by atoms with Crippen molar-refractivity contribution in [3.63, 3.8) is 0 Å². The number of rotatable bonds is 6. The minimum absolute atomic E-state index is 0.0185. The van der Waals surface area contributed by atoms with Crippen molar-refractivity contribution in [2.75, 3.05) is 33.3 Å². The van der Waals surface area contributed by atoms with E-state index in [1.807, 2.05) is 52.3 Å². The Kier molecular flexibility index (Phi) is 7.20. The number of piperazine rings is 1. The van der Waals surface area contributed by atoms with Gasteiger partial charge in [0.1, 0.15) is 5.75 Å². The van der Waals surface area contributed by atoms with Crippen LogP contribution in [0.4, 0.5) is 0 Å². The maximum absolute atomic E-state index is 13.2. The highest BCUT2D eigenvalue weighted by atomic mass is 32.2. The molecule has 5 nitrogen and oxygen atoms in total. The molecule has 0 aliphatic carbocycles. The van der Waals surface area contributed by atoms with Crippen molar-refractivity contribution in [1.82, 2.24) is 9.80 Å². The van der Waals surface area contributed by atoms with Gasteiger partial charge in [0, 0.05) is 36.6 Å². The van der Waals surface area contributed by atoms with Gasteiger partial charge in [0.15, 0.2) is 0 Å². The summed E-state index contributed by atoms with van der Waals surface area (Å²) in [6.07, 6.45) is 0. The summed E-state index contributed by atoms with van der Waals surface area (Å²) >= 11 is 1.62. The molecule has 0 bridgehead atoms. The number of hydrogen-bond acceptors (Lipinski definition) is 4. The Labute approximate surface area is 177 Å². The molecule has 3 rings (SSSR count). The number of benzene rings is 2. The first-order valence-electron chi connectivity index (χ1n) is 9.93. The van der Waals surface area contributed by atoms with Crippen molar-refractivity contribution in [3.8, 4) is 5.75 Å². The monoisotopic (exact) mass is 412 g/mol. The van der Waals surface area contributed by atoms with E-state index in [0.29, 0.717) is 37.5 Å². The summed E-state index contributed by atoms with van der Waals surface area (Å²) in [4.78, 5) is 30.8. The second kappa shape index (κ2) is 9.83. The van der Waals surface area contributed by atoms with E-state index >= 15 is 0 Å². The minimum atomic E-state index is -0.127. The number of hydrogen-bond donors (Lipinski definition) is 0. The summed E-state index contributed by atoms with van der Waals surface area (Å²) in [5.41, 5.74) is 0.615. The lowest BCUT2D eigenvalue weighted by Gasteiger charge is -2.37. The van der Waals surface area contributed by atoms with Crippen LogP contribution >= 0.6 is 11.8 Å². The summed E-state index contributed by atoms with van der Waals surface area (Å²) < 4.78 is 5.21. The third-order valence-corrected chi connectivity index (χ3v) is 6.59. The predicted octanol–water partition coefficient (Wildman–Crippen LogP) is 3.80. The lowest BCUT2D eigenvalue weighted by molar-refractivity contribution is -0.132. The summed E-state index contributed by atoms with van der Waals surface area (Å²) in [6, 6.07) is 17.2. The standard InChI is InChI=1S/C23H28N2O3S/c1-17(2)21(29-20-10-5-4-6-11-20)23(27)25-14-12-24(13-15-25)22(26)18-8-7-9-19(16-18)28-3/h4-11,16-17,21H,12-15H2,1-3H3/t21-/m1/s1. The highest BCUT2D eigenvalue weighted by Gasteiger charge is 2.31. The lowest BCUT2D eigenvalue weighted by atomic mass is 10.1. The van der Waals surface area contributed by atoms with Gasteiger partial charge in [-0.1, -0.05) is 38.1 Å². The number of carbonyl (C=O) groups is 2. The molecule has 6 heteroatoms. The number of nitrogens with zero attached hydrogens (tertiary/aromatic N) is 2. The summed E-state index contributed by atoms with van der Waals surface area (Å²) in [5, 5.41) is -0.127. The van der Waals surface area contributed by atoms with Gasteiger partial charge in [0.25, 0.3) is 5.91 Å². The van der Waals surface area contributed by atoms with Crippen LogP contribution in [-0.2, 0) is 4.79 Å². The van der Waals surface area contributed by atoms with Crippen LogP contribution in [0.25, 0.3) is 0 Å². The second-order valence-corrected chi connectivity index (χ2v) is 8.66. The molecule has 0 aromatic heterocycles. The van der Waals surface area contributed by atoms with Gasteiger partial charge in [0.2, 0.25) is 5.91 Å². The molecule has 1 aliphatic heterocycles. The smallest absolute Gasteiger partial charge is 0.254 e. The molecule has 1 atom stereocenters. The highest BCUT2D eigenvalue weighted by Crippen LogP contribution is 2.30. The molecule has 0 N–H and O–H groups in total. The molecular formula is C23H28N2O3S. The third-order valence-electron chi connectivity index (χ3n) is 5.05. The normalized spacial score (nSPS) is 15.3. The fourth-order valence-corrected chi connectivity index (χ4v) is 4.50. The van der Waals surface area contributed by atoms with Crippen LogP contribution in [0.3, 0.4) is 0 Å². The Hall–Kier alpha value is -2.47. The molecule has 29 heavy (non-hydrogen) atoms. The van der Waals surface area contributed by atoms with Crippen LogP contribution in [0.15, 0.2) is 59.5 Å². The Bertz CT molecular complexity index is 833. The molecule has 0 unspecified atom stereocenters. The molecule has 0 radical (unpaired) electrons. The van der Waals surface area contributed by atoms with Crippen molar-refractivity contribution in [2.24, 2.45) is 5.92 Å². The average molecular weight is 413 g/mol. The number of carbonyl (C=O) groups excluding carboxylic acids is 2. The third kappa shape index (κ3) is 5.32. The van der Waals surface area contributed by atoms with Crippen LogP contribution in [0.2, 0.25) is 0 Å². The molecule has 0 spiro atoms. The van der Waals surface area contributed by atoms with Gasteiger partial charge in [-0.3, -0.25) is 9.59 Å². The first-order valence-corrected chi connectivity index (χ1v) is 10.8. The number of amides is 2. The summed E-state index contributed by atoms with van der Waals surface area (Å²) in [6.45, 7) is 6.38. The molecule has 2 amide bonds. The van der Waals surface area contributed by atoms with Crippen LogP contribution < -0.4 is 4.74 Å². The minimum Gasteiger partial charge on any atom is -0.497 e. The van der Waals surface area contributed by atoms with Gasteiger partial charge in [-0.15, -0.1) is 11.8 Å². The fraction of sp³-hybridized carbons (Fsp3) is 0.391. The zero-order valence-corrected chi connectivity index (χ0v) is 18.0. The lowest BCUT2D eigenvalue weighted by Crippen LogP contribution is -2.53. The van der Waals surface area contributed by atoms with Gasteiger partial charge in [-0.05, 0) is 36.2 Å². The quantitative estimate of drug-likeness (QED) is 0.678. The maximum Gasteiger partial charge on any atom is 0.254 e. The Morgan fingerprint density at radius 1 is 0.931 bits per heavy atom. The van der Waals surface area contributed by atoms with E-state index in [4.69, 9.17) is 4.74 Å². The summed E-state index contributed by atoms with van der Waals surface area (Å²) in [5.74, 6) is 1.03. The SMILES string of the molecule is COc1cccc(C(=O)N2CCN(C(=O)[C@H](Sc3ccccc3)C(C)C)CC2)c1. The number of ether oxygens (including phenoxy) is 1. The van der Waals surface area contributed by atoms with Gasteiger partial charge >= 0.3 is 0 Å². The second-order valence-electron chi connectivity index (χ2n) is 7.44. The van der Waals surface area contributed by atoms with Crippen molar-refractivity contribution in [3.05, 3.63) is 60.2 Å². The van der Waals surface area contributed by atoms with E-state index in [1.165, 1.54) is 0 Å². The molecule has 0 saturated carbocycles. The summed E-state index contributed by atoms with van der Waals surface area (Å²) in [7, 11) is 1.59. The van der Waals surface area contributed by atoms with E-state index < -0.39 is 0 Å². The molecule has 154 valence electrons. The molecule has 2 aromatic carbocycles. The Balaban J connectivity index is 1.61. The predicted molar refractivity (Wildman–Crippen MR) is 116 cm³/mol. The first kappa shape index (κ1) is 21.2. The number of thioether (sulfide) groups is 1. The van der Waals surface area contributed by atoms with Gasteiger partial charge < -0.3 is 14.5 Å². The Morgan fingerprint density at radius 3 is 2.21 bits per heavy atom. The first-order chi connectivity index (χ1) is 14.0. The van der Waals surface area contributed by atoms with Gasteiger partial charge in [-0.25, -0.2) is 0 Å². The topological polar surface area (TPSA) is 49.9 Å². The molecule has 1 aliphatic rings.